The number of nitrogens with zero attached hydrogens (tertiary/aromatic N) is 3. The van der Waals surface area contributed by atoms with Crippen molar-refractivity contribution < 1.29 is 0 Å². The largest absolute Gasteiger partial charge is 0.352 e. The summed E-state index contributed by atoms with van der Waals surface area (Å²) in [6.07, 6.45) is 1.89. The molecule has 15 heavy (non-hydrogen) atoms. The lowest BCUT2D eigenvalue weighted by Crippen LogP contribution is -2.21. The van der Waals surface area contributed by atoms with Crippen molar-refractivity contribution in [3.63, 3.8) is 0 Å². The molecule has 0 atom stereocenters. The average molecular weight is 205 g/mol. The fraction of sp³-hybridized carbons (Fsp3) is 0.400. The van der Waals surface area contributed by atoms with Crippen molar-refractivity contribution in [3.8, 4) is 0 Å². The van der Waals surface area contributed by atoms with Gasteiger partial charge >= 0.3 is 0 Å². The number of nitrogens with one attached hydrogen (secondary N) is 2. The first-order valence-electron chi connectivity index (χ1n) is 5.16. The second kappa shape index (κ2) is 4.75. The average Bonchev–Trinajstić information content (AvgIpc) is 2.67. The van der Waals surface area contributed by atoms with Crippen molar-refractivity contribution in [3.05, 3.63) is 24.4 Å². The quantitative estimate of drug-likeness (QED) is 0.707. The van der Waals surface area contributed by atoms with Crippen LogP contribution in [0.3, 0.4) is 0 Å². The van der Waals surface area contributed by atoms with Crippen LogP contribution in [0.2, 0.25) is 0 Å². The van der Waals surface area contributed by atoms with E-state index in [4.69, 9.17) is 0 Å². The number of fused-ring (bicyclic) bond motifs is 1. The molecule has 2 aromatic rings. The normalized spacial score (nSPS) is 10.7. The summed E-state index contributed by atoms with van der Waals surface area (Å²) in [7, 11) is 0. The van der Waals surface area contributed by atoms with Crippen molar-refractivity contribution in [1.82, 2.24) is 19.9 Å². The smallest absolute Gasteiger partial charge is 0.243 e. The van der Waals surface area contributed by atoms with E-state index in [1.54, 1.807) is 4.52 Å². The molecule has 0 aliphatic rings. The Kier molecular flexibility index (Phi) is 3.14. The van der Waals surface area contributed by atoms with E-state index >= 15 is 0 Å². The van der Waals surface area contributed by atoms with Crippen molar-refractivity contribution in [2.45, 2.75) is 6.92 Å². The maximum atomic E-state index is 4.32. The maximum absolute atomic E-state index is 4.32. The Morgan fingerprint density at radius 1 is 1.33 bits per heavy atom. The molecule has 0 saturated carbocycles. The van der Waals surface area contributed by atoms with E-state index in [9.17, 15) is 0 Å². The second-order valence-electron chi connectivity index (χ2n) is 3.22. The third kappa shape index (κ3) is 2.44. The summed E-state index contributed by atoms with van der Waals surface area (Å²) in [6, 6.07) is 5.82. The van der Waals surface area contributed by atoms with Crippen LogP contribution < -0.4 is 10.6 Å². The van der Waals surface area contributed by atoms with Crippen LogP contribution in [-0.2, 0) is 0 Å². The van der Waals surface area contributed by atoms with Gasteiger partial charge < -0.3 is 10.6 Å². The highest BCUT2D eigenvalue weighted by atomic mass is 15.3. The number of anilines is 1. The molecule has 5 nitrogen and oxygen atoms in total. The molecule has 2 rings (SSSR count). The van der Waals surface area contributed by atoms with Gasteiger partial charge in [-0.3, -0.25) is 0 Å². The van der Waals surface area contributed by atoms with Gasteiger partial charge in [0.15, 0.2) is 5.65 Å². The predicted molar refractivity (Wildman–Crippen MR) is 60.0 cm³/mol. The van der Waals surface area contributed by atoms with Crippen molar-refractivity contribution in [1.29, 1.82) is 0 Å². The van der Waals surface area contributed by atoms with Crippen molar-refractivity contribution >= 4 is 11.6 Å². The van der Waals surface area contributed by atoms with E-state index in [-0.39, 0.29) is 0 Å². The minimum absolute atomic E-state index is 0.680. The Labute approximate surface area is 88.5 Å². The fourth-order valence-corrected chi connectivity index (χ4v) is 1.35. The van der Waals surface area contributed by atoms with Gasteiger partial charge in [0.1, 0.15) is 0 Å². The molecule has 0 fully saturated rings. The highest BCUT2D eigenvalue weighted by Gasteiger charge is 2.00. The van der Waals surface area contributed by atoms with E-state index < -0.39 is 0 Å². The van der Waals surface area contributed by atoms with Crippen molar-refractivity contribution in [2.24, 2.45) is 0 Å². The lowest BCUT2D eigenvalue weighted by Gasteiger charge is -2.00. The SMILES string of the molecule is CCNCCNc1nc2ccccn2n1. The van der Waals surface area contributed by atoms with Crippen LogP contribution in [0.25, 0.3) is 5.65 Å². The van der Waals surface area contributed by atoms with E-state index in [2.05, 4.69) is 27.6 Å². The van der Waals surface area contributed by atoms with Gasteiger partial charge in [0, 0.05) is 19.3 Å². The van der Waals surface area contributed by atoms with Crippen molar-refractivity contribution in [2.75, 3.05) is 25.0 Å². The summed E-state index contributed by atoms with van der Waals surface area (Å²) in [5, 5.41) is 10.7. The zero-order valence-corrected chi connectivity index (χ0v) is 8.77. The topological polar surface area (TPSA) is 54.2 Å². The Morgan fingerprint density at radius 3 is 3.07 bits per heavy atom. The van der Waals surface area contributed by atoms with E-state index in [1.165, 1.54) is 0 Å². The first-order chi connectivity index (χ1) is 7.40. The Hall–Kier alpha value is -1.62. The van der Waals surface area contributed by atoms with Gasteiger partial charge in [-0.1, -0.05) is 13.0 Å². The van der Waals surface area contributed by atoms with Gasteiger partial charge in [-0.2, -0.15) is 4.98 Å². The van der Waals surface area contributed by atoms with E-state index in [1.807, 2.05) is 24.4 Å². The summed E-state index contributed by atoms with van der Waals surface area (Å²) in [6.45, 7) is 4.83. The molecule has 0 radical (unpaired) electrons. The molecular weight excluding hydrogens is 190 g/mol. The first kappa shape index (κ1) is 9.92. The maximum Gasteiger partial charge on any atom is 0.243 e. The molecule has 0 aliphatic carbocycles. The minimum Gasteiger partial charge on any atom is -0.352 e. The van der Waals surface area contributed by atoms with Gasteiger partial charge in [0.2, 0.25) is 5.95 Å². The second-order valence-corrected chi connectivity index (χ2v) is 3.22. The van der Waals surface area contributed by atoms with Crippen LogP contribution in [0.1, 0.15) is 6.92 Å². The molecule has 2 heterocycles. The summed E-state index contributed by atoms with van der Waals surface area (Å²) in [5.41, 5.74) is 0.864. The number of rotatable bonds is 5. The zero-order valence-electron chi connectivity index (χ0n) is 8.77. The van der Waals surface area contributed by atoms with Crippen LogP contribution in [0.5, 0.6) is 0 Å². The number of hydrogen-bond donors (Lipinski definition) is 2. The molecule has 0 aromatic carbocycles. The Bertz CT molecular complexity index is 389. The number of pyridine rings is 1. The molecule has 0 saturated heterocycles. The molecule has 2 N–H and O–H groups in total. The number of hydrogen-bond acceptors (Lipinski definition) is 4. The van der Waals surface area contributed by atoms with Gasteiger partial charge in [0.25, 0.3) is 0 Å². The molecule has 0 aliphatic heterocycles. The van der Waals surface area contributed by atoms with E-state index in [0.717, 1.165) is 25.3 Å². The highest BCUT2D eigenvalue weighted by molar-refractivity contribution is 5.42. The molecule has 0 spiro atoms. The standard InChI is InChI=1S/C10H15N5/c1-2-11-6-7-12-10-13-9-5-3-4-8-15(9)14-10/h3-5,8,11H,2,6-7H2,1H3,(H,12,14). The zero-order chi connectivity index (χ0) is 10.5. The summed E-state index contributed by atoms with van der Waals surface area (Å²) in [5.74, 6) is 0.680. The molecule has 0 unspecified atom stereocenters. The summed E-state index contributed by atoms with van der Waals surface area (Å²) in [4.78, 5) is 4.32. The number of aromatic nitrogens is 3. The minimum atomic E-state index is 0.680. The summed E-state index contributed by atoms with van der Waals surface area (Å²) < 4.78 is 1.76. The van der Waals surface area contributed by atoms with Gasteiger partial charge in [-0.05, 0) is 18.7 Å². The monoisotopic (exact) mass is 205 g/mol. The summed E-state index contributed by atoms with van der Waals surface area (Å²) >= 11 is 0. The fourth-order valence-electron chi connectivity index (χ4n) is 1.35. The lowest BCUT2D eigenvalue weighted by atomic mass is 10.5. The van der Waals surface area contributed by atoms with Gasteiger partial charge in [-0.25, -0.2) is 4.52 Å². The van der Waals surface area contributed by atoms with Crippen LogP contribution in [0.15, 0.2) is 24.4 Å². The van der Waals surface area contributed by atoms with Gasteiger partial charge in [0.05, 0.1) is 0 Å². The lowest BCUT2D eigenvalue weighted by molar-refractivity contribution is 0.736. The van der Waals surface area contributed by atoms with Crippen LogP contribution in [0.4, 0.5) is 5.95 Å². The molecule has 2 aromatic heterocycles. The Balaban J connectivity index is 1.97. The predicted octanol–water partition coefficient (Wildman–Crippen LogP) is 0.751. The Morgan fingerprint density at radius 2 is 2.27 bits per heavy atom. The molecule has 0 bridgehead atoms. The third-order valence-corrected chi connectivity index (χ3v) is 2.08. The van der Waals surface area contributed by atoms with E-state index in [0.29, 0.717) is 5.95 Å². The van der Waals surface area contributed by atoms with Crippen LogP contribution in [-0.4, -0.2) is 34.2 Å². The molecular formula is C10H15N5. The van der Waals surface area contributed by atoms with Crippen LogP contribution >= 0.6 is 0 Å². The number of likely N-dealkylation sites (N-methyl/N-ethyl adjacent to an activating group) is 1. The molecule has 0 amide bonds. The van der Waals surface area contributed by atoms with Crippen LogP contribution in [0, 0.1) is 0 Å². The van der Waals surface area contributed by atoms with Gasteiger partial charge in [-0.15, -0.1) is 5.10 Å². The molecule has 80 valence electrons. The third-order valence-electron chi connectivity index (χ3n) is 2.08. The highest BCUT2D eigenvalue weighted by Crippen LogP contribution is 2.03. The first-order valence-corrected chi connectivity index (χ1v) is 5.16. The molecule has 5 heteroatoms.